The van der Waals surface area contributed by atoms with Crippen LogP contribution in [0.3, 0.4) is 0 Å². The van der Waals surface area contributed by atoms with Crippen molar-refractivity contribution in [3.63, 3.8) is 0 Å². The smallest absolute Gasteiger partial charge is 0.137 e. The van der Waals surface area contributed by atoms with E-state index in [1.54, 1.807) is 7.11 Å². The molecule has 1 aliphatic rings. The van der Waals surface area contributed by atoms with Crippen LogP contribution in [0, 0.1) is 11.8 Å². The van der Waals surface area contributed by atoms with Gasteiger partial charge < -0.3 is 10.1 Å². The van der Waals surface area contributed by atoms with E-state index in [0.29, 0.717) is 17.0 Å². The highest BCUT2D eigenvalue weighted by Crippen LogP contribution is 2.38. The first-order valence-electron chi connectivity index (χ1n) is 7.16. The Bertz CT molecular complexity index is 421. The molecule has 2 nitrogen and oxygen atoms in total. The van der Waals surface area contributed by atoms with Gasteiger partial charge in [0.1, 0.15) is 5.75 Å². The molecule has 2 rings (SSSR count). The first kappa shape index (κ1) is 14.7. The van der Waals surface area contributed by atoms with Crippen LogP contribution in [0.2, 0.25) is 5.02 Å². The first-order chi connectivity index (χ1) is 9.15. The monoisotopic (exact) mass is 281 g/mol. The topological polar surface area (TPSA) is 21.3 Å². The number of ether oxygens (including phenoxy) is 1. The summed E-state index contributed by atoms with van der Waals surface area (Å²) in [4.78, 5) is 0. The second kappa shape index (κ2) is 6.62. The average molecular weight is 282 g/mol. The van der Waals surface area contributed by atoms with Crippen molar-refractivity contribution in [3.8, 4) is 5.75 Å². The average Bonchev–Trinajstić information content (AvgIpc) is 2.41. The third-order valence-corrected chi connectivity index (χ3v) is 4.61. The van der Waals surface area contributed by atoms with E-state index in [9.17, 15) is 0 Å². The molecule has 0 bridgehead atoms. The second-order valence-electron chi connectivity index (χ2n) is 5.69. The molecule has 1 aromatic carbocycles. The highest BCUT2D eigenvalue weighted by Gasteiger charge is 2.27. The predicted molar refractivity (Wildman–Crippen MR) is 80.9 cm³/mol. The summed E-state index contributed by atoms with van der Waals surface area (Å²) in [7, 11) is 3.72. The van der Waals surface area contributed by atoms with Crippen molar-refractivity contribution in [2.75, 3.05) is 14.2 Å². The van der Waals surface area contributed by atoms with Gasteiger partial charge in [-0.25, -0.2) is 0 Å². The van der Waals surface area contributed by atoms with Crippen LogP contribution in [0.4, 0.5) is 0 Å². The highest BCUT2D eigenvalue weighted by atomic mass is 35.5. The molecule has 1 N–H and O–H groups in total. The molecule has 0 aromatic heterocycles. The molecule has 3 atom stereocenters. The highest BCUT2D eigenvalue weighted by molar-refractivity contribution is 6.32. The van der Waals surface area contributed by atoms with Crippen molar-refractivity contribution < 1.29 is 4.74 Å². The van der Waals surface area contributed by atoms with Crippen LogP contribution in [-0.2, 0) is 0 Å². The molecule has 1 aliphatic carbocycles. The van der Waals surface area contributed by atoms with Gasteiger partial charge in [0, 0.05) is 6.04 Å². The SMILES string of the molecule is CNC(c1ccc(Cl)c(OC)c1)C1CCCC(C)C1. The maximum absolute atomic E-state index is 6.11. The van der Waals surface area contributed by atoms with Crippen LogP contribution in [0.1, 0.15) is 44.2 Å². The van der Waals surface area contributed by atoms with Gasteiger partial charge in [-0.3, -0.25) is 0 Å². The number of hydrogen-bond acceptors (Lipinski definition) is 2. The predicted octanol–water partition coefficient (Wildman–Crippen LogP) is 4.44. The lowest BCUT2D eigenvalue weighted by atomic mass is 9.77. The summed E-state index contributed by atoms with van der Waals surface area (Å²) < 4.78 is 5.33. The van der Waals surface area contributed by atoms with E-state index in [2.05, 4.69) is 24.4 Å². The molecule has 0 saturated heterocycles. The largest absolute Gasteiger partial charge is 0.495 e. The fourth-order valence-electron chi connectivity index (χ4n) is 3.33. The van der Waals surface area contributed by atoms with E-state index >= 15 is 0 Å². The molecule has 0 heterocycles. The molecule has 1 fully saturated rings. The lowest BCUT2D eigenvalue weighted by molar-refractivity contribution is 0.229. The molecular weight excluding hydrogens is 258 g/mol. The van der Waals surface area contributed by atoms with Crippen molar-refractivity contribution in [3.05, 3.63) is 28.8 Å². The fraction of sp³-hybridized carbons (Fsp3) is 0.625. The van der Waals surface area contributed by atoms with Gasteiger partial charge in [0.25, 0.3) is 0 Å². The zero-order valence-corrected chi connectivity index (χ0v) is 12.8. The van der Waals surface area contributed by atoms with E-state index < -0.39 is 0 Å². The summed E-state index contributed by atoms with van der Waals surface area (Å²) in [6.45, 7) is 2.36. The molecule has 1 aromatic rings. The van der Waals surface area contributed by atoms with Crippen LogP contribution >= 0.6 is 11.6 Å². The summed E-state index contributed by atoms with van der Waals surface area (Å²) in [5.74, 6) is 2.31. The molecule has 3 unspecified atom stereocenters. The molecule has 19 heavy (non-hydrogen) atoms. The molecule has 0 aliphatic heterocycles. The summed E-state index contributed by atoms with van der Waals surface area (Å²) in [6, 6.07) is 6.52. The van der Waals surface area contributed by atoms with Gasteiger partial charge in [-0.2, -0.15) is 0 Å². The van der Waals surface area contributed by atoms with Gasteiger partial charge in [-0.05, 0) is 49.4 Å². The number of nitrogens with one attached hydrogen (secondary N) is 1. The summed E-state index contributed by atoms with van der Waals surface area (Å²) >= 11 is 6.11. The molecule has 0 amide bonds. The van der Waals surface area contributed by atoms with E-state index in [-0.39, 0.29) is 0 Å². The minimum atomic E-state index is 0.397. The van der Waals surface area contributed by atoms with Gasteiger partial charge in [0.2, 0.25) is 0 Å². The van der Waals surface area contributed by atoms with Crippen molar-refractivity contribution in [1.29, 1.82) is 0 Å². The number of halogens is 1. The Hall–Kier alpha value is -0.730. The first-order valence-corrected chi connectivity index (χ1v) is 7.54. The van der Waals surface area contributed by atoms with E-state index in [4.69, 9.17) is 16.3 Å². The Balaban J connectivity index is 2.21. The molecule has 0 radical (unpaired) electrons. The van der Waals surface area contributed by atoms with Gasteiger partial charge in [-0.1, -0.05) is 37.4 Å². The summed E-state index contributed by atoms with van der Waals surface area (Å²) in [5, 5.41) is 4.16. The molecule has 3 heteroatoms. The van der Waals surface area contributed by atoms with Crippen LogP contribution in [0.25, 0.3) is 0 Å². The van der Waals surface area contributed by atoms with E-state index in [1.165, 1.54) is 31.2 Å². The Morgan fingerprint density at radius 3 is 2.79 bits per heavy atom. The third-order valence-electron chi connectivity index (χ3n) is 4.29. The van der Waals surface area contributed by atoms with Crippen molar-refractivity contribution in [2.45, 2.75) is 38.6 Å². The number of hydrogen-bond donors (Lipinski definition) is 1. The number of methoxy groups -OCH3 is 1. The summed E-state index contributed by atoms with van der Waals surface area (Å²) in [5.41, 5.74) is 1.28. The van der Waals surface area contributed by atoms with E-state index in [1.807, 2.05) is 13.1 Å². The van der Waals surface area contributed by atoms with Crippen LogP contribution in [0.15, 0.2) is 18.2 Å². The standard InChI is InChI=1S/C16H24ClNO/c1-11-5-4-6-12(9-11)16(18-2)13-7-8-14(17)15(10-13)19-3/h7-8,10-12,16,18H,4-6,9H2,1-3H3. The Kier molecular flexibility index (Phi) is 5.12. The Morgan fingerprint density at radius 1 is 1.37 bits per heavy atom. The van der Waals surface area contributed by atoms with Gasteiger partial charge in [0.15, 0.2) is 0 Å². The normalized spacial score (nSPS) is 25.1. The molecule has 1 saturated carbocycles. The van der Waals surface area contributed by atoms with Crippen molar-refractivity contribution in [2.24, 2.45) is 11.8 Å². The van der Waals surface area contributed by atoms with Crippen LogP contribution in [0.5, 0.6) is 5.75 Å². The zero-order chi connectivity index (χ0) is 13.8. The van der Waals surface area contributed by atoms with Gasteiger partial charge in [-0.15, -0.1) is 0 Å². The fourth-order valence-corrected chi connectivity index (χ4v) is 3.52. The minimum Gasteiger partial charge on any atom is -0.495 e. The van der Waals surface area contributed by atoms with Gasteiger partial charge in [0.05, 0.1) is 12.1 Å². The lowest BCUT2D eigenvalue weighted by Crippen LogP contribution is -2.29. The van der Waals surface area contributed by atoms with Crippen molar-refractivity contribution in [1.82, 2.24) is 5.32 Å². The van der Waals surface area contributed by atoms with Crippen LogP contribution in [-0.4, -0.2) is 14.2 Å². The maximum atomic E-state index is 6.11. The third kappa shape index (κ3) is 3.43. The molecule has 0 spiro atoms. The second-order valence-corrected chi connectivity index (χ2v) is 6.10. The molecule has 106 valence electrons. The van der Waals surface area contributed by atoms with Crippen LogP contribution < -0.4 is 10.1 Å². The number of rotatable bonds is 4. The number of benzene rings is 1. The Labute approximate surface area is 121 Å². The molecular formula is C16H24ClNO. The zero-order valence-electron chi connectivity index (χ0n) is 12.1. The lowest BCUT2D eigenvalue weighted by Gasteiger charge is -2.33. The van der Waals surface area contributed by atoms with Crippen molar-refractivity contribution >= 4 is 11.6 Å². The summed E-state index contributed by atoms with van der Waals surface area (Å²) in [6.07, 6.45) is 5.32. The minimum absolute atomic E-state index is 0.397. The van der Waals surface area contributed by atoms with E-state index in [0.717, 1.165) is 11.7 Å². The quantitative estimate of drug-likeness (QED) is 0.881. The maximum Gasteiger partial charge on any atom is 0.137 e. The van der Waals surface area contributed by atoms with Gasteiger partial charge >= 0.3 is 0 Å². The Morgan fingerprint density at radius 2 is 2.16 bits per heavy atom.